The molecule has 0 fully saturated rings. The van der Waals surface area contributed by atoms with E-state index in [1.807, 2.05) is 33.3 Å². The lowest BCUT2D eigenvalue weighted by Gasteiger charge is -2.44. The van der Waals surface area contributed by atoms with Gasteiger partial charge < -0.3 is 4.74 Å². The minimum Gasteiger partial charge on any atom is -0.465 e. The van der Waals surface area contributed by atoms with E-state index in [0.717, 1.165) is 11.3 Å². The summed E-state index contributed by atoms with van der Waals surface area (Å²) in [5, 5.41) is 1.57. The van der Waals surface area contributed by atoms with Gasteiger partial charge in [-0.3, -0.25) is 0 Å². The van der Waals surface area contributed by atoms with Crippen LogP contribution < -0.4 is 4.13 Å². The molecule has 1 aromatic heterocycles. The number of thiophene rings is 1. The monoisotopic (exact) mass is 339 g/mol. The van der Waals surface area contributed by atoms with Crippen molar-refractivity contribution in [2.45, 2.75) is 30.4 Å². The Morgan fingerprint density at radius 1 is 1.30 bits per heavy atom. The summed E-state index contributed by atoms with van der Waals surface area (Å²) in [6, 6.07) is 1.43. The first kappa shape index (κ1) is 17.5. The molecule has 0 aliphatic heterocycles. The van der Waals surface area contributed by atoms with Crippen LogP contribution in [0.4, 0.5) is 0 Å². The van der Waals surface area contributed by atoms with Crippen molar-refractivity contribution in [3.05, 3.63) is 16.3 Å². The normalized spacial score (nSPS) is 14.1. The van der Waals surface area contributed by atoms with Crippen LogP contribution >= 0.6 is 21.6 Å². The second kappa shape index (κ2) is 5.67. The summed E-state index contributed by atoms with van der Waals surface area (Å²) in [5.41, 5.74) is 0. The number of nitrogens with one attached hydrogen (secondary N) is 1. The fraction of sp³-hybridized carbons (Fsp3) is 0.583. The average molecular weight is 340 g/mol. The molecule has 0 saturated carbocycles. The number of esters is 1. The van der Waals surface area contributed by atoms with Crippen molar-refractivity contribution in [3.8, 4) is 0 Å². The molecule has 0 unspecified atom stereocenters. The van der Waals surface area contributed by atoms with Crippen molar-refractivity contribution in [2.24, 2.45) is 0 Å². The lowest BCUT2D eigenvalue weighted by atomic mass is 10.3. The highest BCUT2D eigenvalue weighted by molar-refractivity contribution is 8.36. The standard InChI is InChI=1S/C12H21NO4S3/c1-12(2,3)19(5,6)13-20(15,16)9-7-8-18-10(9)11(14)17-4/h7-8,13H,1-6H3. The Labute approximate surface area is 126 Å². The Morgan fingerprint density at radius 3 is 2.30 bits per heavy atom. The van der Waals surface area contributed by atoms with Crippen LogP contribution in [0.25, 0.3) is 0 Å². The summed E-state index contributed by atoms with van der Waals surface area (Å²) in [4.78, 5) is 11.7. The van der Waals surface area contributed by atoms with Gasteiger partial charge in [0.2, 0.25) is 10.0 Å². The molecule has 20 heavy (non-hydrogen) atoms. The highest BCUT2D eigenvalue weighted by atomic mass is 32.3. The van der Waals surface area contributed by atoms with E-state index >= 15 is 0 Å². The summed E-state index contributed by atoms with van der Waals surface area (Å²) in [7, 11) is -4.13. The molecular formula is C12H21NO4S3. The molecule has 1 rings (SSSR count). The molecule has 0 aliphatic rings. The summed E-state index contributed by atoms with van der Waals surface area (Å²) in [6.07, 6.45) is 3.80. The van der Waals surface area contributed by atoms with Gasteiger partial charge in [-0.1, -0.05) is 20.8 Å². The second-order valence-corrected chi connectivity index (χ2v) is 12.5. The molecule has 1 aromatic rings. The number of hydrogen-bond donors (Lipinski definition) is 1. The Morgan fingerprint density at radius 2 is 1.85 bits per heavy atom. The van der Waals surface area contributed by atoms with E-state index in [1.54, 1.807) is 5.38 Å². The van der Waals surface area contributed by atoms with E-state index in [1.165, 1.54) is 13.2 Å². The maximum atomic E-state index is 12.5. The van der Waals surface area contributed by atoms with E-state index in [2.05, 4.69) is 8.86 Å². The number of hydrogen-bond acceptors (Lipinski definition) is 5. The van der Waals surface area contributed by atoms with Gasteiger partial charge in [0.1, 0.15) is 9.77 Å². The van der Waals surface area contributed by atoms with Crippen molar-refractivity contribution in [1.29, 1.82) is 0 Å². The second-order valence-electron chi connectivity index (χ2n) is 5.63. The van der Waals surface area contributed by atoms with E-state index < -0.39 is 26.2 Å². The molecule has 8 heteroatoms. The topological polar surface area (TPSA) is 72.5 Å². The Hall–Kier alpha value is -0.570. The Bertz CT molecular complexity index is 596. The van der Waals surface area contributed by atoms with Gasteiger partial charge in [0.15, 0.2) is 0 Å². The first-order chi connectivity index (χ1) is 8.92. The largest absolute Gasteiger partial charge is 0.465 e. The molecule has 0 spiro atoms. The third-order valence-corrected chi connectivity index (χ3v) is 10.7. The minimum atomic E-state index is -3.75. The van der Waals surface area contributed by atoms with Crippen molar-refractivity contribution in [3.63, 3.8) is 0 Å². The van der Waals surface area contributed by atoms with E-state index in [0.29, 0.717) is 0 Å². The van der Waals surface area contributed by atoms with Gasteiger partial charge in [-0.2, -0.15) is 14.3 Å². The molecule has 0 bridgehead atoms. The molecule has 1 N–H and O–H groups in total. The Kier molecular flexibility index (Phi) is 4.95. The predicted octanol–water partition coefficient (Wildman–Crippen LogP) is 2.59. The van der Waals surface area contributed by atoms with Crippen LogP contribution in [-0.4, -0.2) is 38.8 Å². The number of carbonyl (C=O) groups is 1. The fourth-order valence-corrected chi connectivity index (χ4v) is 6.59. The minimum absolute atomic E-state index is 0.0147. The predicted molar refractivity (Wildman–Crippen MR) is 85.2 cm³/mol. The smallest absolute Gasteiger partial charge is 0.349 e. The van der Waals surface area contributed by atoms with E-state index in [4.69, 9.17) is 0 Å². The molecule has 0 atom stereocenters. The zero-order chi connectivity index (χ0) is 15.8. The fourth-order valence-electron chi connectivity index (χ4n) is 1.19. The first-order valence-corrected chi connectivity index (χ1v) is 10.7. The molecule has 0 aromatic carbocycles. The van der Waals surface area contributed by atoms with Crippen molar-refractivity contribution < 1.29 is 17.9 Å². The maximum absolute atomic E-state index is 12.5. The van der Waals surface area contributed by atoms with Gasteiger partial charge >= 0.3 is 5.97 Å². The number of rotatable bonds is 4. The highest BCUT2D eigenvalue weighted by Crippen LogP contribution is 2.50. The molecular weight excluding hydrogens is 318 g/mol. The lowest BCUT2D eigenvalue weighted by molar-refractivity contribution is 0.0602. The number of carbonyl (C=O) groups excluding carboxylic acids is 1. The van der Waals surface area contributed by atoms with Gasteiger partial charge in [-0.05, 0) is 24.0 Å². The SMILES string of the molecule is COC(=O)c1sccc1S(=O)(=O)NS(C)(C)C(C)(C)C. The van der Waals surface area contributed by atoms with Crippen molar-refractivity contribution in [2.75, 3.05) is 19.6 Å². The molecule has 0 amide bonds. The molecule has 116 valence electrons. The van der Waals surface area contributed by atoms with Gasteiger partial charge in [-0.15, -0.1) is 11.3 Å². The molecule has 0 radical (unpaired) electrons. The zero-order valence-electron chi connectivity index (χ0n) is 12.5. The van der Waals surface area contributed by atoms with Gasteiger partial charge in [0.25, 0.3) is 0 Å². The number of methoxy groups -OCH3 is 1. The van der Waals surface area contributed by atoms with E-state index in [-0.39, 0.29) is 14.5 Å². The lowest BCUT2D eigenvalue weighted by Crippen LogP contribution is -2.37. The molecule has 0 saturated heterocycles. The molecule has 5 nitrogen and oxygen atoms in total. The maximum Gasteiger partial charge on any atom is 0.349 e. The third-order valence-electron chi connectivity index (χ3n) is 3.14. The molecule has 0 aliphatic carbocycles. The highest BCUT2D eigenvalue weighted by Gasteiger charge is 2.34. The number of ether oxygens (including phenoxy) is 1. The third kappa shape index (κ3) is 3.55. The summed E-state index contributed by atoms with van der Waals surface area (Å²) in [6.45, 7) is 5.96. The zero-order valence-corrected chi connectivity index (χ0v) is 15.0. The van der Waals surface area contributed by atoms with Gasteiger partial charge in [0, 0.05) is 4.75 Å². The number of sulfonamides is 1. The van der Waals surface area contributed by atoms with Crippen LogP contribution in [-0.2, 0) is 14.8 Å². The summed E-state index contributed by atoms with van der Waals surface area (Å²) < 4.78 is 32.2. The first-order valence-electron chi connectivity index (χ1n) is 5.84. The van der Waals surface area contributed by atoms with Crippen LogP contribution in [0, 0.1) is 0 Å². The van der Waals surface area contributed by atoms with Gasteiger partial charge in [0.05, 0.1) is 7.11 Å². The van der Waals surface area contributed by atoms with Crippen molar-refractivity contribution in [1.82, 2.24) is 4.13 Å². The Balaban J connectivity index is 3.20. The van der Waals surface area contributed by atoms with Crippen LogP contribution in [0.3, 0.4) is 0 Å². The summed E-state index contributed by atoms with van der Waals surface area (Å²) in [5.74, 6) is -0.635. The van der Waals surface area contributed by atoms with Gasteiger partial charge in [-0.25, -0.2) is 13.2 Å². The van der Waals surface area contributed by atoms with Crippen LogP contribution in [0.1, 0.15) is 30.4 Å². The quantitative estimate of drug-likeness (QED) is 0.856. The van der Waals surface area contributed by atoms with Crippen LogP contribution in [0.15, 0.2) is 16.3 Å². The molecule has 1 heterocycles. The van der Waals surface area contributed by atoms with E-state index in [9.17, 15) is 13.2 Å². The van der Waals surface area contributed by atoms with Crippen LogP contribution in [0.5, 0.6) is 0 Å². The van der Waals surface area contributed by atoms with Crippen LogP contribution in [0.2, 0.25) is 0 Å². The summed E-state index contributed by atoms with van der Waals surface area (Å²) >= 11 is 1.06. The van der Waals surface area contributed by atoms with Crippen molar-refractivity contribution >= 4 is 37.5 Å². The average Bonchev–Trinajstić information content (AvgIpc) is 2.74.